The van der Waals surface area contributed by atoms with Gasteiger partial charge in [-0.3, -0.25) is 4.79 Å². The van der Waals surface area contributed by atoms with E-state index in [1.807, 2.05) is 57.2 Å². The molecule has 7 heteroatoms. The van der Waals surface area contributed by atoms with Gasteiger partial charge in [-0.1, -0.05) is 24.3 Å². The van der Waals surface area contributed by atoms with Crippen molar-refractivity contribution >= 4 is 17.3 Å². The molecule has 0 atom stereocenters. The van der Waals surface area contributed by atoms with E-state index in [1.54, 1.807) is 18.2 Å². The van der Waals surface area contributed by atoms with E-state index in [4.69, 9.17) is 4.74 Å². The summed E-state index contributed by atoms with van der Waals surface area (Å²) in [7, 11) is 0. The second-order valence-electron chi connectivity index (χ2n) is 7.88. The smallest absolute Gasteiger partial charge is 0.335 e. The summed E-state index contributed by atoms with van der Waals surface area (Å²) in [5.74, 6) is -0.253. The van der Waals surface area contributed by atoms with Crippen molar-refractivity contribution in [2.45, 2.75) is 20.8 Å². The Kier molecular flexibility index (Phi) is 5.95. The largest absolute Gasteiger partial charge is 0.478 e. The first kappa shape index (κ1) is 21.8. The molecule has 0 saturated heterocycles. The molecule has 1 heterocycles. The predicted molar refractivity (Wildman–Crippen MR) is 127 cm³/mol. The summed E-state index contributed by atoms with van der Waals surface area (Å²) in [5.41, 5.74) is 3.91. The molecule has 0 amide bonds. The molecule has 3 aromatic carbocycles. The Morgan fingerprint density at radius 2 is 1.67 bits per heavy atom. The maximum atomic E-state index is 13.5. The van der Waals surface area contributed by atoms with Crippen LogP contribution < -0.4 is 15.6 Å². The lowest BCUT2D eigenvalue weighted by Crippen LogP contribution is -2.24. The van der Waals surface area contributed by atoms with E-state index in [-0.39, 0.29) is 17.0 Å². The Morgan fingerprint density at radius 1 is 0.939 bits per heavy atom. The zero-order valence-electron chi connectivity index (χ0n) is 18.5. The number of hydrogen-bond donors (Lipinski definition) is 2. The van der Waals surface area contributed by atoms with Crippen LogP contribution in [-0.4, -0.2) is 20.9 Å². The van der Waals surface area contributed by atoms with Gasteiger partial charge in [-0.05, 0) is 79.9 Å². The Hall–Kier alpha value is -4.39. The lowest BCUT2D eigenvalue weighted by Gasteiger charge is -2.15. The zero-order valence-corrected chi connectivity index (χ0v) is 18.5. The monoisotopic (exact) mass is 441 g/mol. The molecule has 0 aliphatic heterocycles. The molecule has 0 fully saturated rings. The number of carbonyl (C=O) groups is 1. The number of rotatable bonds is 6. The third kappa shape index (κ3) is 4.93. The molecular formula is C26H23N3O4. The molecule has 0 aliphatic rings. The van der Waals surface area contributed by atoms with E-state index in [1.165, 1.54) is 23.0 Å². The molecule has 4 aromatic rings. The summed E-state index contributed by atoms with van der Waals surface area (Å²) in [4.78, 5) is 24.9. The molecule has 2 N–H and O–H groups in total. The number of nitrogens with one attached hydrogen (secondary N) is 1. The van der Waals surface area contributed by atoms with Crippen molar-refractivity contribution in [2.24, 2.45) is 0 Å². The third-order valence-corrected chi connectivity index (χ3v) is 4.99. The number of hydrogen-bond acceptors (Lipinski definition) is 5. The molecule has 0 saturated carbocycles. The van der Waals surface area contributed by atoms with Gasteiger partial charge in [0.2, 0.25) is 0 Å². The minimum absolute atomic E-state index is 0.102. The van der Waals surface area contributed by atoms with Crippen molar-refractivity contribution in [1.82, 2.24) is 9.78 Å². The summed E-state index contributed by atoms with van der Waals surface area (Å²) >= 11 is 0. The van der Waals surface area contributed by atoms with Crippen molar-refractivity contribution in [3.8, 4) is 17.2 Å². The van der Waals surface area contributed by atoms with Crippen LogP contribution in [0.5, 0.6) is 11.5 Å². The van der Waals surface area contributed by atoms with Gasteiger partial charge in [-0.15, -0.1) is 0 Å². The van der Waals surface area contributed by atoms with Crippen LogP contribution in [-0.2, 0) is 0 Å². The van der Waals surface area contributed by atoms with Gasteiger partial charge in [-0.25, -0.2) is 4.79 Å². The predicted octanol–water partition coefficient (Wildman–Crippen LogP) is 5.39. The van der Waals surface area contributed by atoms with Crippen molar-refractivity contribution < 1.29 is 14.6 Å². The summed E-state index contributed by atoms with van der Waals surface area (Å²) in [6.45, 7) is 5.86. The van der Waals surface area contributed by atoms with Crippen LogP contribution in [0.4, 0.5) is 11.4 Å². The van der Waals surface area contributed by atoms with Gasteiger partial charge in [0.05, 0.1) is 17.4 Å². The molecule has 166 valence electrons. The first-order valence-electron chi connectivity index (χ1n) is 10.4. The highest BCUT2D eigenvalue weighted by Crippen LogP contribution is 2.30. The number of nitrogens with zero attached hydrogens (tertiary/aromatic N) is 2. The number of ether oxygens (including phenoxy) is 1. The third-order valence-electron chi connectivity index (χ3n) is 4.99. The van der Waals surface area contributed by atoms with Gasteiger partial charge >= 0.3 is 5.97 Å². The summed E-state index contributed by atoms with van der Waals surface area (Å²) in [6, 6.07) is 19.4. The lowest BCUT2D eigenvalue weighted by molar-refractivity contribution is 0.0697. The highest BCUT2D eigenvalue weighted by molar-refractivity contribution is 5.89. The number of carboxylic acid groups (broad SMARTS) is 1. The van der Waals surface area contributed by atoms with Crippen molar-refractivity contribution in [2.75, 3.05) is 5.32 Å². The normalized spacial score (nSPS) is 10.6. The van der Waals surface area contributed by atoms with Crippen LogP contribution in [0.1, 0.15) is 27.0 Å². The van der Waals surface area contributed by atoms with Gasteiger partial charge in [-0.2, -0.15) is 9.78 Å². The van der Waals surface area contributed by atoms with Gasteiger partial charge in [0, 0.05) is 5.69 Å². The molecular weight excluding hydrogens is 418 g/mol. The zero-order chi connectivity index (χ0) is 23.5. The molecule has 33 heavy (non-hydrogen) atoms. The van der Waals surface area contributed by atoms with Crippen LogP contribution in [0.3, 0.4) is 0 Å². The van der Waals surface area contributed by atoms with Gasteiger partial charge in [0.25, 0.3) is 5.56 Å². The van der Waals surface area contributed by atoms with E-state index < -0.39 is 11.5 Å². The van der Waals surface area contributed by atoms with E-state index in [0.29, 0.717) is 17.1 Å². The van der Waals surface area contributed by atoms with Crippen molar-refractivity contribution in [3.63, 3.8) is 0 Å². The van der Waals surface area contributed by atoms with Gasteiger partial charge in [0.15, 0.2) is 11.4 Å². The Morgan fingerprint density at radius 3 is 2.36 bits per heavy atom. The van der Waals surface area contributed by atoms with E-state index in [0.717, 1.165) is 16.7 Å². The number of carboxylic acids is 1. The fourth-order valence-electron chi connectivity index (χ4n) is 3.57. The number of aromatic nitrogens is 2. The first-order valence-corrected chi connectivity index (χ1v) is 10.4. The standard InChI is InChI=1S/C26H23N3O4/c1-16-6-4-9-21(11-16)29-25(30)24(28-20-8-5-7-19(14-20)26(31)32)23(15-27-29)33-22-12-17(2)10-18(3)13-22/h4-15,28H,1-3H3,(H,31,32). The Bertz CT molecular complexity index is 1390. The number of aromatic carboxylic acids is 1. The highest BCUT2D eigenvalue weighted by atomic mass is 16.5. The minimum Gasteiger partial charge on any atom is -0.478 e. The molecule has 7 nitrogen and oxygen atoms in total. The van der Waals surface area contributed by atoms with E-state index in [9.17, 15) is 14.7 Å². The fourth-order valence-corrected chi connectivity index (χ4v) is 3.57. The fraction of sp³-hybridized carbons (Fsp3) is 0.115. The lowest BCUT2D eigenvalue weighted by atomic mass is 10.1. The summed E-state index contributed by atoms with van der Waals surface area (Å²) in [5, 5.41) is 16.7. The van der Waals surface area contributed by atoms with Crippen LogP contribution in [0.2, 0.25) is 0 Å². The number of aryl methyl sites for hydroxylation is 3. The van der Waals surface area contributed by atoms with Crippen LogP contribution in [0.25, 0.3) is 5.69 Å². The maximum Gasteiger partial charge on any atom is 0.335 e. The SMILES string of the molecule is Cc1cc(C)cc(Oc2cnn(-c3cccc(C)c3)c(=O)c2Nc2cccc(C(=O)O)c2)c1. The number of benzene rings is 3. The van der Waals surface area contributed by atoms with Crippen molar-refractivity contribution in [3.05, 3.63) is 106 Å². The topological polar surface area (TPSA) is 93.5 Å². The summed E-state index contributed by atoms with van der Waals surface area (Å²) < 4.78 is 7.34. The average molecular weight is 441 g/mol. The molecule has 0 bridgehead atoms. The van der Waals surface area contributed by atoms with Gasteiger partial charge < -0.3 is 15.2 Å². The van der Waals surface area contributed by atoms with E-state index in [2.05, 4.69) is 10.4 Å². The Labute approximate surface area is 190 Å². The highest BCUT2D eigenvalue weighted by Gasteiger charge is 2.16. The first-order chi connectivity index (χ1) is 15.8. The van der Waals surface area contributed by atoms with Crippen LogP contribution >= 0.6 is 0 Å². The van der Waals surface area contributed by atoms with Gasteiger partial charge in [0.1, 0.15) is 5.75 Å². The Balaban J connectivity index is 1.83. The van der Waals surface area contributed by atoms with Crippen LogP contribution in [0, 0.1) is 20.8 Å². The molecule has 0 unspecified atom stereocenters. The van der Waals surface area contributed by atoms with Crippen molar-refractivity contribution in [1.29, 1.82) is 0 Å². The molecule has 0 spiro atoms. The van der Waals surface area contributed by atoms with Crippen LogP contribution in [0.15, 0.2) is 77.7 Å². The maximum absolute atomic E-state index is 13.5. The number of anilines is 2. The summed E-state index contributed by atoms with van der Waals surface area (Å²) in [6.07, 6.45) is 1.48. The average Bonchev–Trinajstić information content (AvgIpc) is 2.76. The second-order valence-corrected chi connectivity index (χ2v) is 7.88. The quantitative estimate of drug-likeness (QED) is 0.417. The second kappa shape index (κ2) is 9.00. The molecule has 4 rings (SSSR count). The minimum atomic E-state index is -1.06. The molecule has 1 aromatic heterocycles. The molecule has 0 radical (unpaired) electrons. The molecule has 0 aliphatic carbocycles. The van der Waals surface area contributed by atoms with E-state index >= 15 is 0 Å².